The minimum absolute atomic E-state index is 0.704. The summed E-state index contributed by atoms with van der Waals surface area (Å²) in [6, 6.07) is 11.8. The molecule has 0 aromatic heterocycles. The number of hydrogen-bond donors (Lipinski definition) is 1. The van der Waals surface area contributed by atoms with Gasteiger partial charge >= 0.3 is 0 Å². The smallest absolute Gasteiger partial charge is 0.0141 e. The largest absolute Gasteiger partial charge is 0.330 e. The monoisotopic (exact) mass is 286 g/mol. The molecule has 4 atom stereocenters. The van der Waals surface area contributed by atoms with Gasteiger partial charge in [-0.05, 0) is 68.5 Å². The fraction of sp³-hybridized carbons (Fsp3) is 0.684. The number of hydrogen-bond acceptors (Lipinski definition) is 2. The highest BCUT2D eigenvalue weighted by Crippen LogP contribution is 2.39. The average molecular weight is 286 g/mol. The zero-order chi connectivity index (χ0) is 14.7. The quantitative estimate of drug-likeness (QED) is 0.919. The maximum Gasteiger partial charge on any atom is 0.0141 e. The molecule has 1 saturated heterocycles. The molecule has 0 radical (unpaired) electrons. The summed E-state index contributed by atoms with van der Waals surface area (Å²) in [6.45, 7) is 5.83. The first kappa shape index (κ1) is 15.1. The van der Waals surface area contributed by atoms with Crippen LogP contribution >= 0.6 is 0 Å². The summed E-state index contributed by atoms with van der Waals surface area (Å²) in [4.78, 5) is 2.76. The Labute approximate surface area is 129 Å². The standard InChI is InChI=1S/C19H30N2/c1-15-6-5-11-21(14-15)19-12-17(9-10-18(19)13-20)16-7-3-2-4-8-16/h2-4,7-8,15,17-19H,5-6,9-14,20H2,1H3. The summed E-state index contributed by atoms with van der Waals surface area (Å²) in [7, 11) is 0. The molecule has 0 spiro atoms. The molecule has 2 heteroatoms. The first-order valence-electron chi connectivity index (χ1n) is 8.77. The van der Waals surface area contributed by atoms with E-state index in [4.69, 9.17) is 5.73 Å². The molecule has 1 saturated carbocycles. The Bertz CT molecular complexity index is 430. The number of rotatable bonds is 3. The fourth-order valence-corrected chi connectivity index (χ4v) is 4.49. The van der Waals surface area contributed by atoms with Crippen molar-refractivity contribution in [2.45, 2.75) is 51.0 Å². The van der Waals surface area contributed by atoms with Gasteiger partial charge in [-0.1, -0.05) is 37.3 Å². The molecule has 2 aliphatic rings. The second-order valence-electron chi connectivity index (χ2n) is 7.23. The van der Waals surface area contributed by atoms with Crippen molar-refractivity contribution in [1.82, 2.24) is 4.90 Å². The van der Waals surface area contributed by atoms with Crippen molar-refractivity contribution in [3.63, 3.8) is 0 Å². The second kappa shape index (κ2) is 6.93. The number of piperidine rings is 1. The summed E-state index contributed by atoms with van der Waals surface area (Å²) < 4.78 is 0. The SMILES string of the molecule is CC1CCCN(C2CC(c3ccccc3)CCC2CN)C1. The molecule has 2 nitrogen and oxygen atoms in total. The van der Waals surface area contributed by atoms with Gasteiger partial charge in [-0.2, -0.15) is 0 Å². The number of likely N-dealkylation sites (tertiary alicyclic amines) is 1. The molecule has 116 valence electrons. The van der Waals surface area contributed by atoms with Gasteiger partial charge in [-0.15, -0.1) is 0 Å². The van der Waals surface area contributed by atoms with Crippen LogP contribution in [0.3, 0.4) is 0 Å². The Hall–Kier alpha value is -0.860. The Balaban J connectivity index is 1.72. The lowest BCUT2D eigenvalue weighted by Gasteiger charge is -2.45. The van der Waals surface area contributed by atoms with Crippen molar-refractivity contribution in [2.75, 3.05) is 19.6 Å². The molecule has 0 bridgehead atoms. The van der Waals surface area contributed by atoms with Crippen molar-refractivity contribution in [3.05, 3.63) is 35.9 Å². The molecule has 3 rings (SSSR count). The summed E-state index contributed by atoms with van der Waals surface area (Å²) in [5.74, 6) is 2.29. The predicted molar refractivity (Wildman–Crippen MR) is 89.3 cm³/mol. The van der Waals surface area contributed by atoms with E-state index >= 15 is 0 Å². The Kier molecular flexibility index (Phi) is 4.97. The molecular formula is C19H30N2. The van der Waals surface area contributed by atoms with Crippen LogP contribution < -0.4 is 5.73 Å². The van der Waals surface area contributed by atoms with Crippen molar-refractivity contribution >= 4 is 0 Å². The van der Waals surface area contributed by atoms with E-state index in [1.165, 1.54) is 50.8 Å². The number of nitrogens with two attached hydrogens (primary N) is 1. The number of benzene rings is 1. The molecule has 1 aromatic rings. The Morgan fingerprint density at radius 1 is 1.14 bits per heavy atom. The van der Waals surface area contributed by atoms with Crippen molar-refractivity contribution < 1.29 is 0 Å². The highest BCUT2D eigenvalue weighted by atomic mass is 15.2. The lowest BCUT2D eigenvalue weighted by atomic mass is 9.74. The molecule has 0 amide bonds. The maximum absolute atomic E-state index is 6.09. The van der Waals surface area contributed by atoms with Gasteiger partial charge in [0.15, 0.2) is 0 Å². The zero-order valence-electron chi connectivity index (χ0n) is 13.4. The topological polar surface area (TPSA) is 29.3 Å². The fourth-order valence-electron chi connectivity index (χ4n) is 4.49. The van der Waals surface area contributed by atoms with Crippen LogP contribution in [-0.4, -0.2) is 30.6 Å². The van der Waals surface area contributed by atoms with Crippen LogP contribution in [0.2, 0.25) is 0 Å². The van der Waals surface area contributed by atoms with Crippen LogP contribution in [0.1, 0.15) is 50.5 Å². The number of nitrogens with zero attached hydrogens (tertiary/aromatic N) is 1. The van der Waals surface area contributed by atoms with E-state index in [0.29, 0.717) is 12.0 Å². The van der Waals surface area contributed by atoms with Gasteiger partial charge in [0.25, 0.3) is 0 Å². The highest BCUT2D eigenvalue weighted by Gasteiger charge is 2.35. The van der Waals surface area contributed by atoms with Gasteiger partial charge in [-0.25, -0.2) is 0 Å². The van der Waals surface area contributed by atoms with Crippen LogP contribution in [0.4, 0.5) is 0 Å². The van der Waals surface area contributed by atoms with Crippen LogP contribution in [0, 0.1) is 11.8 Å². The summed E-state index contributed by atoms with van der Waals surface area (Å²) in [5, 5.41) is 0. The summed E-state index contributed by atoms with van der Waals surface area (Å²) >= 11 is 0. The predicted octanol–water partition coefficient (Wildman–Crippen LogP) is 3.63. The molecule has 2 N–H and O–H groups in total. The molecule has 1 aromatic carbocycles. The van der Waals surface area contributed by atoms with Crippen molar-refractivity contribution in [3.8, 4) is 0 Å². The van der Waals surface area contributed by atoms with Crippen molar-refractivity contribution in [1.29, 1.82) is 0 Å². The molecule has 1 aliphatic carbocycles. The molecule has 1 heterocycles. The van der Waals surface area contributed by atoms with Crippen LogP contribution in [0.5, 0.6) is 0 Å². The van der Waals surface area contributed by atoms with Gasteiger partial charge in [0.1, 0.15) is 0 Å². The molecular weight excluding hydrogens is 256 g/mol. The van der Waals surface area contributed by atoms with E-state index in [-0.39, 0.29) is 0 Å². The molecule has 2 fully saturated rings. The average Bonchev–Trinajstić information content (AvgIpc) is 2.55. The maximum atomic E-state index is 6.09. The van der Waals surface area contributed by atoms with Gasteiger partial charge in [0.2, 0.25) is 0 Å². The third-order valence-corrected chi connectivity index (χ3v) is 5.69. The third-order valence-electron chi connectivity index (χ3n) is 5.69. The Morgan fingerprint density at radius 2 is 1.95 bits per heavy atom. The van der Waals surface area contributed by atoms with E-state index in [9.17, 15) is 0 Å². The van der Waals surface area contributed by atoms with E-state index < -0.39 is 0 Å². The van der Waals surface area contributed by atoms with Gasteiger partial charge in [0, 0.05) is 12.6 Å². The lowest BCUT2D eigenvalue weighted by Crippen LogP contribution is -2.50. The third kappa shape index (κ3) is 3.49. The minimum Gasteiger partial charge on any atom is -0.330 e. The van der Waals surface area contributed by atoms with E-state index in [0.717, 1.165) is 18.4 Å². The zero-order valence-corrected chi connectivity index (χ0v) is 13.4. The normalized spacial score (nSPS) is 34.8. The van der Waals surface area contributed by atoms with Crippen molar-refractivity contribution in [2.24, 2.45) is 17.6 Å². The van der Waals surface area contributed by atoms with Gasteiger partial charge in [0.05, 0.1) is 0 Å². The molecule has 1 aliphatic heterocycles. The first-order valence-corrected chi connectivity index (χ1v) is 8.77. The van der Waals surface area contributed by atoms with E-state index in [1.807, 2.05) is 0 Å². The van der Waals surface area contributed by atoms with Gasteiger partial charge < -0.3 is 5.73 Å². The molecule has 4 unspecified atom stereocenters. The van der Waals surface area contributed by atoms with Crippen LogP contribution in [0.15, 0.2) is 30.3 Å². The second-order valence-corrected chi connectivity index (χ2v) is 7.23. The van der Waals surface area contributed by atoms with Crippen LogP contribution in [-0.2, 0) is 0 Å². The Morgan fingerprint density at radius 3 is 2.67 bits per heavy atom. The van der Waals surface area contributed by atoms with Gasteiger partial charge in [-0.3, -0.25) is 4.90 Å². The van der Waals surface area contributed by atoms with E-state index in [2.05, 4.69) is 42.2 Å². The summed E-state index contributed by atoms with van der Waals surface area (Å²) in [6.07, 6.45) is 6.68. The molecule has 21 heavy (non-hydrogen) atoms. The lowest BCUT2D eigenvalue weighted by molar-refractivity contribution is 0.0616. The summed E-state index contributed by atoms with van der Waals surface area (Å²) in [5.41, 5.74) is 7.62. The first-order chi connectivity index (χ1) is 10.3. The highest BCUT2D eigenvalue weighted by molar-refractivity contribution is 5.20. The van der Waals surface area contributed by atoms with E-state index in [1.54, 1.807) is 0 Å². The minimum atomic E-state index is 0.704. The van der Waals surface area contributed by atoms with Crippen LogP contribution in [0.25, 0.3) is 0 Å².